The highest BCUT2D eigenvalue weighted by molar-refractivity contribution is 9.10. The number of carboxylic acid groups (broad SMARTS) is 1. The largest absolute Gasteiger partial charge is 0.477 e. The number of aromatic carboxylic acids is 1. The maximum Gasteiger partial charge on any atom is 0.353 e. The lowest BCUT2D eigenvalue weighted by molar-refractivity contribution is 0.0690. The van der Waals surface area contributed by atoms with E-state index in [4.69, 9.17) is 5.11 Å². The van der Waals surface area contributed by atoms with Gasteiger partial charge in [0, 0.05) is 5.56 Å². The van der Waals surface area contributed by atoms with Crippen molar-refractivity contribution in [2.45, 2.75) is 0 Å². The number of nitrogens with zero attached hydrogens (tertiary/aromatic N) is 1. The normalized spacial score (nSPS) is 10.7. The first-order valence-electron chi connectivity index (χ1n) is 4.54. The van der Waals surface area contributed by atoms with Crippen LogP contribution in [0.25, 0.3) is 11.3 Å². The van der Waals surface area contributed by atoms with E-state index in [0.29, 0.717) is 0 Å². The third-order valence-electron chi connectivity index (χ3n) is 2.19. The molecule has 0 saturated heterocycles. The van der Waals surface area contributed by atoms with E-state index in [0.717, 1.165) is 12.1 Å². The average molecular weight is 321 g/mol. The molecule has 0 radical (unpaired) electrons. The maximum atomic E-state index is 13.5. The van der Waals surface area contributed by atoms with Gasteiger partial charge in [0.05, 0.1) is 10.2 Å². The van der Waals surface area contributed by atoms with Crippen molar-refractivity contribution in [3.8, 4) is 11.3 Å². The third-order valence-corrected chi connectivity index (χ3v) is 2.76. The highest BCUT2D eigenvalue weighted by Crippen LogP contribution is 2.30. The Labute approximate surface area is 107 Å². The van der Waals surface area contributed by atoms with Crippen LogP contribution in [0.5, 0.6) is 0 Å². The van der Waals surface area contributed by atoms with Crippen LogP contribution in [0.3, 0.4) is 0 Å². The zero-order chi connectivity index (χ0) is 13.4. The van der Waals surface area contributed by atoms with Crippen molar-refractivity contribution in [1.29, 1.82) is 0 Å². The molecule has 0 amide bonds. The summed E-state index contributed by atoms with van der Waals surface area (Å²) in [7, 11) is 0. The number of nitrogens with one attached hydrogen (secondary N) is 1. The van der Waals surface area contributed by atoms with Gasteiger partial charge in [0.1, 0.15) is 5.69 Å². The number of rotatable bonds is 2. The summed E-state index contributed by atoms with van der Waals surface area (Å²) in [6.45, 7) is 0. The Morgan fingerprint density at radius 2 is 1.89 bits per heavy atom. The molecule has 1 aromatic heterocycles. The van der Waals surface area contributed by atoms with Crippen molar-refractivity contribution >= 4 is 21.9 Å². The molecule has 0 fully saturated rings. The molecule has 0 aliphatic rings. The molecule has 8 heteroatoms. The highest BCUT2D eigenvalue weighted by Gasteiger charge is 2.20. The average Bonchev–Trinajstić information content (AvgIpc) is 2.80. The van der Waals surface area contributed by atoms with Crippen LogP contribution >= 0.6 is 15.9 Å². The summed E-state index contributed by atoms with van der Waals surface area (Å²) in [6, 6.07) is 2.00. The third kappa shape index (κ3) is 1.99. The maximum absolute atomic E-state index is 13.5. The zero-order valence-electron chi connectivity index (χ0n) is 8.47. The van der Waals surface area contributed by atoms with Gasteiger partial charge in [0.15, 0.2) is 17.5 Å². The first-order valence-corrected chi connectivity index (χ1v) is 5.33. The van der Waals surface area contributed by atoms with Gasteiger partial charge in [-0.2, -0.15) is 5.10 Å². The van der Waals surface area contributed by atoms with E-state index >= 15 is 0 Å². The number of aromatic amines is 1. The number of aromatic nitrogens is 2. The van der Waals surface area contributed by atoms with Crippen LogP contribution in [0.2, 0.25) is 0 Å². The minimum atomic E-state index is -1.65. The molecule has 2 N–H and O–H groups in total. The molecule has 0 aliphatic heterocycles. The predicted molar refractivity (Wildman–Crippen MR) is 58.6 cm³/mol. The van der Waals surface area contributed by atoms with Crippen LogP contribution in [0.4, 0.5) is 13.2 Å². The van der Waals surface area contributed by atoms with Crippen LogP contribution in [0.1, 0.15) is 10.5 Å². The second kappa shape index (κ2) is 4.45. The van der Waals surface area contributed by atoms with E-state index in [1.165, 1.54) is 0 Å². The lowest BCUT2D eigenvalue weighted by Gasteiger charge is -2.03. The lowest BCUT2D eigenvalue weighted by atomic mass is 10.1. The molecule has 2 rings (SSSR count). The van der Waals surface area contributed by atoms with Crippen LogP contribution < -0.4 is 0 Å². The second-order valence-corrected chi connectivity index (χ2v) is 4.17. The van der Waals surface area contributed by atoms with E-state index in [-0.39, 0.29) is 21.4 Å². The summed E-state index contributed by atoms with van der Waals surface area (Å²) in [5.41, 5.74) is -0.765. The van der Waals surface area contributed by atoms with Gasteiger partial charge in [0.25, 0.3) is 0 Å². The smallest absolute Gasteiger partial charge is 0.353 e. The molecule has 0 spiro atoms. The molecule has 1 aromatic carbocycles. The molecule has 18 heavy (non-hydrogen) atoms. The van der Waals surface area contributed by atoms with Crippen molar-refractivity contribution in [1.82, 2.24) is 10.2 Å². The van der Waals surface area contributed by atoms with Crippen LogP contribution in [-0.4, -0.2) is 21.3 Å². The Morgan fingerprint density at radius 1 is 1.22 bits per heavy atom. The van der Waals surface area contributed by atoms with Crippen molar-refractivity contribution in [3.05, 3.63) is 39.8 Å². The predicted octanol–water partition coefficient (Wildman–Crippen LogP) is 2.95. The quantitative estimate of drug-likeness (QED) is 0.660. The van der Waals surface area contributed by atoms with E-state index in [1.807, 2.05) is 0 Å². The number of carboxylic acids is 1. The van der Waals surface area contributed by atoms with Crippen molar-refractivity contribution in [2.24, 2.45) is 0 Å². The van der Waals surface area contributed by atoms with Crippen LogP contribution in [0.15, 0.2) is 16.6 Å². The second-order valence-electron chi connectivity index (χ2n) is 3.32. The lowest BCUT2D eigenvalue weighted by Crippen LogP contribution is -1.96. The van der Waals surface area contributed by atoms with E-state index in [1.54, 1.807) is 0 Å². The fraction of sp³-hybridized carbons (Fsp3) is 0. The summed E-state index contributed by atoms with van der Waals surface area (Å²) in [5.74, 6) is -5.74. The minimum Gasteiger partial charge on any atom is -0.477 e. The summed E-state index contributed by atoms with van der Waals surface area (Å²) >= 11 is 2.73. The summed E-state index contributed by atoms with van der Waals surface area (Å²) in [4.78, 5) is 10.6. The minimum absolute atomic E-state index is 0.135. The summed E-state index contributed by atoms with van der Waals surface area (Å²) in [5, 5.41) is 14.3. The number of carbonyl (C=O) groups is 1. The molecule has 94 valence electrons. The van der Waals surface area contributed by atoms with Gasteiger partial charge in [-0.25, -0.2) is 18.0 Å². The van der Waals surface area contributed by atoms with Gasteiger partial charge in [-0.15, -0.1) is 0 Å². The molecular formula is C10H4BrF3N2O2. The number of hydrogen-bond donors (Lipinski definition) is 2. The van der Waals surface area contributed by atoms with E-state index in [2.05, 4.69) is 26.1 Å². The first kappa shape index (κ1) is 12.6. The summed E-state index contributed by atoms with van der Waals surface area (Å²) < 4.78 is 39.4. The fourth-order valence-electron chi connectivity index (χ4n) is 1.33. The molecule has 0 unspecified atom stereocenters. The standard InChI is InChI=1S/C10H4BrF3N2O2/c11-4-1-3(7(12)9(14)8(4)13)5-2-6(10(17)18)16-15-5/h1-2H,(H,15,16)(H,17,18). The number of benzene rings is 1. The first-order chi connectivity index (χ1) is 8.41. The van der Waals surface area contributed by atoms with Gasteiger partial charge in [-0.3, -0.25) is 5.10 Å². The topological polar surface area (TPSA) is 66.0 Å². The Morgan fingerprint density at radius 3 is 2.44 bits per heavy atom. The van der Waals surface area contributed by atoms with E-state index in [9.17, 15) is 18.0 Å². The van der Waals surface area contributed by atoms with Crippen molar-refractivity contribution < 1.29 is 23.1 Å². The molecular weight excluding hydrogens is 317 g/mol. The Balaban J connectivity index is 2.60. The molecule has 0 saturated carbocycles. The molecule has 0 aliphatic carbocycles. The zero-order valence-corrected chi connectivity index (χ0v) is 10.1. The van der Waals surface area contributed by atoms with E-state index < -0.39 is 23.4 Å². The molecule has 4 nitrogen and oxygen atoms in total. The van der Waals surface area contributed by atoms with Crippen molar-refractivity contribution in [3.63, 3.8) is 0 Å². The number of halogens is 4. The Kier molecular flexibility index (Phi) is 3.12. The SMILES string of the molecule is O=C(O)c1cc(-c2cc(Br)c(F)c(F)c2F)n[nH]1. The molecule has 2 aromatic rings. The monoisotopic (exact) mass is 320 g/mol. The van der Waals surface area contributed by atoms with Gasteiger partial charge in [0.2, 0.25) is 0 Å². The molecule has 1 heterocycles. The number of hydrogen-bond acceptors (Lipinski definition) is 2. The van der Waals surface area contributed by atoms with Gasteiger partial charge in [-0.1, -0.05) is 0 Å². The van der Waals surface area contributed by atoms with Gasteiger partial charge < -0.3 is 5.11 Å². The molecule has 0 bridgehead atoms. The fourth-order valence-corrected chi connectivity index (χ4v) is 1.73. The van der Waals surface area contributed by atoms with Gasteiger partial charge >= 0.3 is 5.97 Å². The van der Waals surface area contributed by atoms with Crippen molar-refractivity contribution in [2.75, 3.05) is 0 Å². The van der Waals surface area contributed by atoms with Crippen LogP contribution in [-0.2, 0) is 0 Å². The Bertz CT molecular complexity index is 642. The highest BCUT2D eigenvalue weighted by atomic mass is 79.9. The Hall–Kier alpha value is -1.83. The van der Waals surface area contributed by atoms with Gasteiger partial charge in [-0.05, 0) is 28.1 Å². The van der Waals surface area contributed by atoms with Crippen LogP contribution in [0, 0.1) is 17.5 Å². The molecule has 0 atom stereocenters. The summed E-state index contributed by atoms with van der Waals surface area (Å²) in [6.07, 6.45) is 0. The number of H-pyrrole nitrogens is 1.